The number of hydrogen-bond acceptors (Lipinski definition) is 5. The van der Waals surface area contributed by atoms with Crippen molar-refractivity contribution in [3.63, 3.8) is 0 Å². The second kappa shape index (κ2) is 8.51. The lowest BCUT2D eigenvalue weighted by Gasteiger charge is -2.33. The Morgan fingerprint density at radius 1 is 1.27 bits per heavy atom. The zero-order valence-corrected chi connectivity index (χ0v) is 14.8. The van der Waals surface area contributed by atoms with Crippen molar-refractivity contribution in [2.75, 3.05) is 26.8 Å². The van der Waals surface area contributed by atoms with Crippen molar-refractivity contribution in [2.24, 2.45) is 0 Å². The summed E-state index contributed by atoms with van der Waals surface area (Å²) in [5.41, 5.74) is 0.797. The number of nitrogens with zero attached hydrogens (tertiary/aromatic N) is 2. The largest absolute Gasteiger partial charge is 0.489 e. The standard InChI is InChI=1S/C19H23N3O4/c1-25-19(24)22-12-3-2-8-15(22)18(23)21-11-13-26-16-9-4-6-14-7-5-10-20-17(14)16/h4-7,9-10,15H,2-3,8,11-13H2,1H3,(H,21,23)/t15-/m0/s1. The van der Waals surface area contributed by atoms with Gasteiger partial charge in [-0.05, 0) is 31.4 Å². The first kappa shape index (κ1) is 18.0. The average molecular weight is 357 g/mol. The zero-order chi connectivity index (χ0) is 18.4. The minimum absolute atomic E-state index is 0.172. The molecule has 3 rings (SSSR count). The van der Waals surface area contributed by atoms with Crippen molar-refractivity contribution in [2.45, 2.75) is 25.3 Å². The molecule has 2 heterocycles. The molecule has 1 atom stereocenters. The summed E-state index contributed by atoms with van der Waals surface area (Å²) in [6, 6.07) is 9.12. The van der Waals surface area contributed by atoms with E-state index in [4.69, 9.17) is 9.47 Å². The number of benzene rings is 1. The molecular weight excluding hydrogens is 334 g/mol. The summed E-state index contributed by atoms with van der Waals surface area (Å²) in [7, 11) is 1.33. The van der Waals surface area contributed by atoms with Gasteiger partial charge in [-0.1, -0.05) is 18.2 Å². The third-order valence-corrected chi connectivity index (χ3v) is 4.47. The molecule has 7 nitrogen and oxygen atoms in total. The van der Waals surface area contributed by atoms with E-state index in [1.807, 2.05) is 30.3 Å². The highest BCUT2D eigenvalue weighted by atomic mass is 16.5. The van der Waals surface area contributed by atoms with E-state index in [2.05, 4.69) is 10.3 Å². The van der Waals surface area contributed by atoms with Gasteiger partial charge in [0.2, 0.25) is 5.91 Å². The second-order valence-electron chi connectivity index (χ2n) is 6.15. The summed E-state index contributed by atoms with van der Waals surface area (Å²) in [4.78, 5) is 30.1. The normalized spacial score (nSPS) is 17.0. The van der Waals surface area contributed by atoms with Crippen molar-refractivity contribution in [3.8, 4) is 5.75 Å². The van der Waals surface area contributed by atoms with Crippen LogP contribution in [0.25, 0.3) is 10.9 Å². The fourth-order valence-electron chi connectivity index (χ4n) is 3.19. The molecule has 7 heteroatoms. The van der Waals surface area contributed by atoms with Gasteiger partial charge >= 0.3 is 6.09 Å². The predicted molar refractivity (Wildman–Crippen MR) is 97.0 cm³/mol. The van der Waals surface area contributed by atoms with Crippen LogP contribution >= 0.6 is 0 Å². The zero-order valence-electron chi connectivity index (χ0n) is 14.8. The maximum atomic E-state index is 12.4. The molecule has 0 spiro atoms. The Morgan fingerprint density at radius 3 is 2.96 bits per heavy atom. The van der Waals surface area contributed by atoms with E-state index >= 15 is 0 Å². The van der Waals surface area contributed by atoms with E-state index in [0.717, 1.165) is 23.7 Å². The molecule has 1 aromatic heterocycles. The van der Waals surface area contributed by atoms with Gasteiger partial charge in [-0.2, -0.15) is 0 Å². The van der Waals surface area contributed by atoms with Crippen LogP contribution in [-0.4, -0.2) is 54.7 Å². The van der Waals surface area contributed by atoms with Gasteiger partial charge < -0.3 is 14.8 Å². The van der Waals surface area contributed by atoms with Crippen LogP contribution in [0.5, 0.6) is 5.75 Å². The maximum absolute atomic E-state index is 12.4. The summed E-state index contributed by atoms with van der Waals surface area (Å²) in [6.07, 6.45) is 3.72. The molecule has 0 bridgehead atoms. The fraction of sp³-hybridized carbons (Fsp3) is 0.421. The highest BCUT2D eigenvalue weighted by Crippen LogP contribution is 2.22. The van der Waals surface area contributed by atoms with Crippen molar-refractivity contribution < 1.29 is 19.1 Å². The highest BCUT2D eigenvalue weighted by molar-refractivity contribution is 5.86. The Kier molecular flexibility index (Phi) is 5.88. The van der Waals surface area contributed by atoms with E-state index in [9.17, 15) is 9.59 Å². The van der Waals surface area contributed by atoms with Crippen LogP contribution in [-0.2, 0) is 9.53 Å². The van der Waals surface area contributed by atoms with Crippen molar-refractivity contribution in [3.05, 3.63) is 36.5 Å². The molecule has 2 amide bonds. The Bertz CT molecular complexity index is 775. The third-order valence-electron chi connectivity index (χ3n) is 4.47. The molecule has 0 radical (unpaired) electrons. The summed E-state index contributed by atoms with van der Waals surface area (Å²) in [5, 5.41) is 3.85. The molecule has 26 heavy (non-hydrogen) atoms. The molecule has 0 saturated carbocycles. The van der Waals surface area contributed by atoms with Crippen molar-refractivity contribution in [1.82, 2.24) is 15.2 Å². The number of aromatic nitrogens is 1. The molecule has 1 aliphatic rings. The lowest BCUT2D eigenvalue weighted by Crippen LogP contribution is -2.52. The first-order valence-corrected chi connectivity index (χ1v) is 8.79. The van der Waals surface area contributed by atoms with Gasteiger partial charge in [0.25, 0.3) is 0 Å². The first-order valence-electron chi connectivity index (χ1n) is 8.79. The smallest absolute Gasteiger partial charge is 0.410 e. The molecule has 1 fully saturated rings. The number of carbonyl (C=O) groups is 2. The van der Waals surface area contributed by atoms with Gasteiger partial charge in [0, 0.05) is 18.1 Å². The molecule has 0 aliphatic carbocycles. The minimum atomic E-state index is -0.476. The number of methoxy groups -OCH3 is 1. The van der Waals surface area contributed by atoms with Gasteiger partial charge in [0.05, 0.1) is 13.7 Å². The topological polar surface area (TPSA) is 80.8 Å². The van der Waals surface area contributed by atoms with E-state index in [1.165, 1.54) is 12.0 Å². The summed E-state index contributed by atoms with van der Waals surface area (Å²) in [6.45, 7) is 1.23. The van der Waals surface area contributed by atoms with E-state index in [1.54, 1.807) is 6.20 Å². The van der Waals surface area contributed by atoms with E-state index in [0.29, 0.717) is 31.9 Å². The van der Waals surface area contributed by atoms with E-state index in [-0.39, 0.29) is 5.91 Å². The number of ether oxygens (including phenoxy) is 2. The minimum Gasteiger partial charge on any atom is -0.489 e. The van der Waals surface area contributed by atoms with Crippen LogP contribution in [0.2, 0.25) is 0 Å². The van der Waals surface area contributed by atoms with Crippen LogP contribution < -0.4 is 10.1 Å². The monoisotopic (exact) mass is 357 g/mol. The van der Waals surface area contributed by atoms with Gasteiger partial charge in [-0.3, -0.25) is 14.7 Å². The number of pyridine rings is 1. The number of nitrogens with one attached hydrogen (secondary N) is 1. The van der Waals surface area contributed by atoms with Crippen LogP contribution in [0.1, 0.15) is 19.3 Å². The molecule has 2 aromatic rings. The first-order chi connectivity index (χ1) is 12.7. The predicted octanol–water partition coefficient (Wildman–Crippen LogP) is 2.35. The Labute approximate surface area is 152 Å². The van der Waals surface area contributed by atoms with Crippen LogP contribution in [0.3, 0.4) is 0 Å². The highest BCUT2D eigenvalue weighted by Gasteiger charge is 2.32. The van der Waals surface area contributed by atoms with Gasteiger partial charge in [-0.15, -0.1) is 0 Å². The van der Waals surface area contributed by atoms with Crippen LogP contribution in [0.4, 0.5) is 4.79 Å². The average Bonchev–Trinajstić information content (AvgIpc) is 2.70. The number of amides is 2. The summed E-state index contributed by atoms with van der Waals surface area (Å²) in [5.74, 6) is 0.515. The number of piperidine rings is 1. The second-order valence-corrected chi connectivity index (χ2v) is 6.15. The Balaban J connectivity index is 1.52. The van der Waals surface area contributed by atoms with Crippen molar-refractivity contribution >= 4 is 22.9 Å². The van der Waals surface area contributed by atoms with Crippen LogP contribution in [0.15, 0.2) is 36.5 Å². The van der Waals surface area contributed by atoms with E-state index < -0.39 is 12.1 Å². The Hall–Kier alpha value is -2.83. The number of fused-ring (bicyclic) bond motifs is 1. The molecule has 1 N–H and O–H groups in total. The number of likely N-dealkylation sites (tertiary alicyclic amines) is 1. The lowest BCUT2D eigenvalue weighted by molar-refractivity contribution is -0.127. The fourth-order valence-corrected chi connectivity index (χ4v) is 3.19. The molecule has 1 aromatic carbocycles. The Morgan fingerprint density at radius 2 is 2.12 bits per heavy atom. The number of rotatable bonds is 5. The maximum Gasteiger partial charge on any atom is 0.410 e. The quantitative estimate of drug-likeness (QED) is 0.831. The molecule has 1 saturated heterocycles. The number of hydrogen-bond donors (Lipinski definition) is 1. The number of carbonyl (C=O) groups excluding carboxylic acids is 2. The lowest BCUT2D eigenvalue weighted by atomic mass is 10.0. The molecule has 138 valence electrons. The van der Waals surface area contributed by atoms with Gasteiger partial charge in [0.15, 0.2) is 0 Å². The molecule has 1 aliphatic heterocycles. The molecular formula is C19H23N3O4. The SMILES string of the molecule is COC(=O)N1CCCC[C@H]1C(=O)NCCOc1cccc2cccnc12. The van der Waals surface area contributed by atoms with Gasteiger partial charge in [-0.25, -0.2) is 4.79 Å². The van der Waals surface area contributed by atoms with Crippen molar-refractivity contribution in [1.29, 1.82) is 0 Å². The summed E-state index contributed by atoms with van der Waals surface area (Å²) < 4.78 is 10.5. The summed E-state index contributed by atoms with van der Waals surface area (Å²) >= 11 is 0. The van der Waals surface area contributed by atoms with Crippen LogP contribution in [0, 0.1) is 0 Å². The van der Waals surface area contributed by atoms with Gasteiger partial charge in [0.1, 0.15) is 23.9 Å². The molecule has 0 unspecified atom stereocenters. The number of para-hydroxylation sites is 1. The third kappa shape index (κ3) is 4.04.